The van der Waals surface area contributed by atoms with E-state index in [1.165, 1.54) is 0 Å². The van der Waals surface area contributed by atoms with Crippen LogP contribution in [-0.2, 0) is 19.1 Å². The fourth-order valence-electron chi connectivity index (χ4n) is 3.02. The summed E-state index contributed by atoms with van der Waals surface area (Å²) in [5.41, 5.74) is 1.75. The molecule has 0 aromatic heterocycles. The molecule has 10 heteroatoms. The van der Waals surface area contributed by atoms with Crippen LogP contribution in [-0.4, -0.2) is 31.5 Å². The fourth-order valence-corrected chi connectivity index (χ4v) is 3.61. The van der Waals surface area contributed by atoms with Crippen molar-refractivity contribution in [2.24, 2.45) is 0 Å². The Balaban J connectivity index is 1.38. The molecule has 0 fully saturated rings. The number of methoxy groups -OCH3 is 1. The summed E-state index contributed by atoms with van der Waals surface area (Å²) < 4.78 is 16.5. The van der Waals surface area contributed by atoms with Crippen molar-refractivity contribution in [1.82, 2.24) is 0 Å². The Hall–Kier alpha value is -3.56. The molecular weight excluding hydrogens is 552 g/mol. The number of esters is 1. The maximum Gasteiger partial charge on any atom is 0.306 e. The Morgan fingerprint density at radius 2 is 1.44 bits per heavy atom. The Morgan fingerprint density at radius 3 is 2.08 bits per heavy atom. The predicted octanol–water partition coefficient (Wildman–Crippen LogP) is 6.11. The molecule has 0 aliphatic rings. The minimum absolute atomic E-state index is 0.0913. The topological polar surface area (TPSA) is 103 Å². The van der Waals surface area contributed by atoms with E-state index in [1.807, 2.05) is 0 Å². The lowest BCUT2D eigenvalue weighted by Gasteiger charge is -2.11. The van der Waals surface area contributed by atoms with Crippen LogP contribution < -0.4 is 20.1 Å². The average molecular weight is 576 g/mol. The number of ether oxygens (including phenoxy) is 3. The van der Waals surface area contributed by atoms with Gasteiger partial charge >= 0.3 is 5.97 Å². The number of anilines is 2. The van der Waals surface area contributed by atoms with Crippen molar-refractivity contribution in [3.8, 4) is 17.2 Å². The predicted molar refractivity (Wildman–Crippen MR) is 141 cm³/mol. The number of halogens is 2. The molecule has 3 aromatic carbocycles. The summed E-state index contributed by atoms with van der Waals surface area (Å²) in [6.07, 6.45) is -0.257. The second-order valence-corrected chi connectivity index (χ2v) is 8.83. The van der Waals surface area contributed by atoms with Crippen molar-refractivity contribution < 1.29 is 28.6 Å². The largest absolute Gasteiger partial charge is 0.497 e. The molecule has 0 radical (unpaired) electrons. The normalized spacial score (nSPS) is 10.3. The highest BCUT2D eigenvalue weighted by Gasteiger charge is 2.13. The number of benzene rings is 3. The second kappa shape index (κ2) is 12.9. The lowest BCUT2D eigenvalue weighted by Crippen LogP contribution is -2.22. The molecule has 188 valence electrons. The molecule has 0 aliphatic carbocycles. The Labute approximate surface area is 222 Å². The molecule has 0 heterocycles. The molecule has 0 saturated carbocycles. The number of rotatable bonds is 10. The van der Waals surface area contributed by atoms with Crippen molar-refractivity contribution in [2.45, 2.75) is 19.8 Å². The zero-order chi connectivity index (χ0) is 26.1. The molecule has 0 aliphatic heterocycles. The van der Waals surface area contributed by atoms with Crippen LogP contribution >= 0.6 is 27.5 Å². The summed E-state index contributed by atoms with van der Waals surface area (Å²) in [5.74, 6) is 0.450. The van der Waals surface area contributed by atoms with E-state index in [2.05, 4.69) is 26.6 Å². The number of nitrogens with one attached hydrogen (secondary N) is 2. The minimum Gasteiger partial charge on any atom is -0.497 e. The SMILES string of the molecule is COc1ccc(Oc2ccc(NC(=O)CCC(=O)OCC(=O)Nc3ccc(Br)c(Cl)c3C)cc2)cc1. The third kappa shape index (κ3) is 8.00. The maximum atomic E-state index is 12.2. The summed E-state index contributed by atoms with van der Waals surface area (Å²) in [6, 6.07) is 17.4. The Bertz CT molecular complexity index is 1230. The quantitative estimate of drug-likeness (QED) is 0.283. The van der Waals surface area contributed by atoms with Crippen LogP contribution in [0.4, 0.5) is 11.4 Å². The van der Waals surface area contributed by atoms with Gasteiger partial charge in [0.15, 0.2) is 6.61 Å². The third-order valence-electron chi connectivity index (χ3n) is 4.97. The molecule has 8 nitrogen and oxygen atoms in total. The fraction of sp³-hybridized carbons (Fsp3) is 0.192. The van der Waals surface area contributed by atoms with E-state index < -0.39 is 18.5 Å². The van der Waals surface area contributed by atoms with Crippen LogP contribution in [0.2, 0.25) is 5.02 Å². The molecule has 0 saturated heterocycles. The van der Waals surface area contributed by atoms with Gasteiger partial charge in [0, 0.05) is 22.3 Å². The summed E-state index contributed by atoms with van der Waals surface area (Å²) in [4.78, 5) is 36.2. The van der Waals surface area contributed by atoms with E-state index in [4.69, 9.17) is 25.8 Å². The maximum absolute atomic E-state index is 12.2. The molecular formula is C26H24BrClN2O6. The van der Waals surface area contributed by atoms with Gasteiger partial charge in [0.2, 0.25) is 5.91 Å². The van der Waals surface area contributed by atoms with E-state index in [0.29, 0.717) is 37.9 Å². The first kappa shape index (κ1) is 27.0. The van der Waals surface area contributed by atoms with Crippen LogP contribution in [0.15, 0.2) is 65.1 Å². The third-order valence-corrected chi connectivity index (χ3v) is 6.34. The van der Waals surface area contributed by atoms with Crippen molar-refractivity contribution in [1.29, 1.82) is 0 Å². The number of hydrogen-bond acceptors (Lipinski definition) is 6. The van der Waals surface area contributed by atoms with Gasteiger partial charge in [0.25, 0.3) is 5.91 Å². The molecule has 3 aromatic rings. The zero-order valence-electron chi connectivity index (χ0n) is 19.6. The summed E-state index contributed by atoms with van der Waals surface area (Å²) >= 11 is 9.45. The van der Waals surface area contributed by atoms with Crippen LogP contribution in [0, 0.1) is 6.92 Å². The minimum atomic E-state index is -0.658. The van der Waals surface area contributed by atoms with Crippen LogP contribution in [0.5, 0.6) is 17.2 Å². The number of carbonyl (C=O) groups is 3. The van der Waals surface area contributed by atoms with Gasteiger partial charge < -0.3 is 24.8 Å². The number of carbonyl (C=O) groups excluding carboxylic acids is 3. The standard InChI is InChI=1S/C26H24BrClN2O6/c1-16-22(12-11-21(27)26(16)28)30-24(32)15-35-25(33)14-13-23(31)29-17-3-5-19(6-4-17)36-20-9-7-18(34-2)8-10-20/h3-12H,13-15H2,1-2H3,(H,29,31)(H,30,32). The highest BCUT2D eigenvalue weighted by Crippen LogP contribution is 2.31. The van der Waals surface area contributed by atoms with E-state index in [1.54, 1.807) is 74.7 Å². The van der Waals surface area contributed by atoms with E-state index in [9.17, 15) is 14.4 Å². The zero-order valence-corrected chi connectivity index (χ0v) is 21.9. The Kier molecular flexibility index (Phi) is 9.72. The van der Waals surface area contributed by atoms with E-state index >= 15 is 0 Å². The summed E-state index contributed by atoms with van der Waals surface area (Å²) in [6.45, 7) is 1.29. The molecule has 2 amide bonds. The highest BCUT2D eigenvalue weighted by molar-refractivity contribution is 9.10. The lowest BCUT2D eigenvalue weighted by atomic mass is 10.2. The number of amides is 2. The van der Waals surface area contributed by atoms with Gasteiger partial charge in [-0.2, -0.15) is 0 Å². The van der Waals surface area contributed by atoms with Crippen molar-refractivity contribution in [2.75, 3.05) is 24.4 Å². The Morgan fingerprint density at radius 1 is 0.833 bits per heavy atom. The van der Waals surface area contributed by atoms with Crippen molar-refractivity contribution in [3.63, 3.8) is 0 Å². The van der Waals surface area contributed by atoms with Crippen molar-refractivity contribution in [3.05, 3.63) is 75.7 Å². The molecule has 0 atom stereocenters. The smallest absolute Gasteiger partial charge is 0.306 e. The van der Waals surface area contributed by atoms with Crippen molar-refractivity contribution >= 4 is 56.7 Å². The van der Waals surface area contributed by atoms with Gasteiger partial charge in [-0.05, 0) is 89.1 Å². The van der Waals surface area contributed by atoms with Gasteiger partial charge in [0.05, 0.1) is 18.6 Å². The summed E-state index contributed by atoms with van der Waals surface area (Å²) in [7, 11) is 1.59. The monoisotopic (exact) mass is 574 g/mol. The first-order chi connectivity index (χ1) is 17.2. The summed E-state index contributed by atoms with van der Waals surface area (Å²) in [5, 5.41) is 5.82. The van der Waals surface area contributed by atoms with E-state index in [-0.39, 0.29) is 18.7 Å². The molecule has 3 rings (SSSR count). The second-order valence-electron chi connectivity index (χ2n) is 7.59. The van der Waals surface area contributed by atoms with Crippen LogP contribution in [0.1, 0.15) is 18.4 Å². The molecule has 36 heavy (non-hydrogen) atoms. The van der Waals surface area contributed by atoms with Gasteiger partial charge in [-0.15, -0.1) is 0 Å². The van der Waals surface area contributed by atoms with Crippen LogP contribution in [0.25, 0.3) is 0 Å². The van der Waals surface area contributed by atoms with Gasteiger partial charge in [-0.25, -0.2) is 0 Å². The van der Waals surface area contributed by atoms with Gasteiger partial charge in [-0.1, -0.05) is 11.6 Å². The lowest BCUT2D eigenvalue weighted by molar-refractivity contribution is -0.147. The number of hydrogen-bond donors (Lipinski definition) is 2. The average Bonchev–Trinajstić information content (AvgIpc) is 2.88. The van der Waals surface area contributed by atoms with E-state index in [0.717, 1.165) is 5.75 Å². The molecule has 2 N–H and O–H groups in total. The van der Waals surface area contributed by atoms with Gasteiger partial charge in [-0.3, -0.25) is 14.4 Å². The first-order valence-corrected chi connectivity index (χ1v) is 12.0. The van der Waals surface area contributed by atoms with Gasteiger partial charge in [0.1, 0.15) is 17.2 Å². The first-order valence-electron chi connectivity index (χ1n) is 10.9. The highest BCUT2D eigenvalue weighted by atomic mass is 79.9. The molecule has 0 spiro atoms. The molecule has 0 unspecified atom stereocenters. The molecule has 0 bridgehead atoms. The van der Waals surface area contributed by atoms with Crippen LogP contribution in [0.3, 0.4) is 0 Å².